The Bertz CT molecular complexity index is 388. The molecule has 0 aromatic heterocycles. The number of alkyl halides is 2. The predicted octanol–water partition coefficient (Wildman–Crippen LogP) is 4.39. The van der Waals surface area contributed by atoms with Crippen molar-refractivity contribution in [2.75, 3.05) is 0 Å². The van der Waals surface area contributed by atoms with Crippen LogP contribution in [0.3, 0.4) is 0 Å². The summed E-state index contributed by atoms with van der Waals surface area (Å²) in [5.41, 5.74) is 2.79. The molecule has 0 bridgehead atoms. The Morgan fingerprint density at radius 2 is 1.75 bits per heavy atom. The molecule has 16 heavy (non-hydrogen) atoms. The minimum absolute atomic E-state index is 0.160. The van der Waals surface area contributed by atoms with Gasteiger partial charge in [-0.25, -0.2) is 8.78 Å². The molecule has 0 saturated heterocycles. The molecule has 2 rings (SSSR count). The van der Waals surface area contributed by atoms with Gasteiger partial charge in [0.05, 0.1) is 0 Å². The molecule has 1 atom stereocenters. The zero-order chi connectivity index (χ0) is 11.9. The summed E-state index contributed by atoms with van der Waals surface area (Å²) in [6.45, 7) is 6.66. The van der Waals surface area contributed by atoms with Crippen molar-refractivity contribution in [1.29, 1.82) is 0 Å². The zero-order valence-electron chi connectivity index (χ0n) is 10.1. The predicted molar refractivity (Wildman–Crippen MR) is 61.8 cm³/mol. The van der Waals surface area contributed by atoms with E-state index >= 15 is 0 Å². The minimum Gasteiger partial charge on any atom is -0.205 e. The van der Waals surface area contributed by atoms with E-state index in [1.54, 1.807) is 12.1 Å². The summed E-state index contributed by atoms with van der Waals surface area (Å²) in [4.78, 5) is 0. The maximum Gasteiger partial charge on any atom is 0.263 e. The molecule has 1 aromatic carbocycles. The molecular weight excluding hydrogens is 206 g/mol. The van der Waals surface area contributed by atoms with E-state index in [4.69, 9.17) is 0 Å². The van der Waals surface area contributed by atoms with Gasteiger partial charge in [-0.3, -0.25) is 0 Å². The van der Waals surface area contributed by atoms with Crippen LogP contribution in [0, 0.1) is 11.3 Å². The fraction of sp³-hybridized carbons (Fsp3) is 0.571. The van der Waals surface area contributed by atoms with Crippen LogP contribution in [0.15, 0.2) is 18.2 Å². The van der Waals surface area contributed by atoms with Gasteiger partial charge >= 0.3 is 0 Å². The topological polar surface area (TPSA) is 0 Å². The summed E-state index contributed by atoms with van der Waals surface area (Å²) in [6.07, 6.45) is -0.374. The lowest BCUT2D eigenvalue weighted by atomic mass is 9.79. The molecule has 0 fully saturated rings. The van der Waals surface area contributed by atoms with Crippen LogP contribution in [0.2, 0.25) is 0 Å². The Morgan fingerprint density at radius 1 is 1.12 bits per heavy atom. The van der Waals surface area contributed by atoms with Crippen molar-refractivity contribution in [3.63, 3.8) is 0 Å². The molecule has 0 amide bonds. The van der Waals surface area contributed by atoms with Crippen molar-refractivity contribution in [3.05, 3.63) is 34.9 Å². The molecule has 0 radical (unpaired) electrons. The molecule has 0 aliphatic heterocycles. The molecule has 1 aliphatic rings. The second-order valence-electron chi connectivity index (χ2n) is 5.80. The van der Waals surface area contributed by atoms with Gasteiger partial charge in [0.15, 0.2) is 0 Å². The Labute approximate surface area is 95.7 Å². The maximum atomic E-state index is 12.6. The lowest BCUT2D eigenvalue weighted by Crippen LogP contribution is -2.20. The third-order valence-electron chi connectivity index (χ3n) is 3.64. The van der Waals surface area contributed by atoms with Crippen molar-refractivity contribution >= 4 is 0 Å². The average Bonchev–Trinajstić information content (AvgIpc) is 2.58. The van der Waals surface area contributed by atoms with Gasteiger partial charge in [0.1, 0.15) is 0 Å². The Balaban J connectivity index is 2.25. The molecule has 0 N–H and O–H groups in total. The van der Waals surface area contributed by atoms with Crippen LogP contribution < -0.4 is 0 Å². The number of halogens is 2. The molecule has 0 nitrogen and oxygen atoms in total. The van der Waals surface area contributed by atoms with Crippen molar-refractivity contribution in [2.24, 2.45) is 11.3 Å². The van der Waals surface area contributed by atoms with Gasteiger partial charge in [-0.1, -0.05) is 32.9 Å². The van der Waals surface area contributed by atoms with Crippen molar-refractivity contribution in [3.8, 4) is 0 Å². The van der Waals surface area contributed by atoms with Gasteiger partial charge in [-0.2, -0.15) is 0 Å². The van der Waals surface area contributed by atoms with Crippen molar-refractivity contribution in [1.82, 2.24) is 0 Å². The monoisotopic (exact) mass is 224 g/mol. The third kappa shape index (κ3) is 2.11. The fourth-order valence-electron chi connectivity index (χ4n) is 2.39. The second-order valence-corrected chi connectivity index (χ2v) is 5.80. The summed E-state index contributed by atoms with van der Waals surface area (Å²) in [5.74, 6) is 0.579. The average molecular weight is 224 g/mol. The first-order valence-corrected chi connectivity index (χ1v) is 5.78. The van der Waals surface area contributed by atoms with Gasteiger partial charge in [0.2, 0.25) is 0 Å². The second kappa shape index (κ2) is 3.83. The Morgan fingerprint density at radius 3 is 2.31 bits per heavy atom. The minimum atomic E-state index is -2.35. The highest BCUT2D eigenvalue weighted by atomic mass is 19.3. The highest BCUT2D eigenvalue weighted by molar-refractivity contribution is 5.37. The quantitative estimate of drug-likeness (QED) is 0.664. The number of benzene rings is 1. The number of hydrogen-bond donors (Lipinski definition) is 0. The number of rotatable bonds is 1. The molecule has 88 valence electrons. The third-order valence-corrected chi connectivity index (χ3v) is 3.64. The lowest BCUT2D eigenvalue weighted by Gasteiger charge is -2.26. The molecule has 2 heteroatoms. The van der Waals surface area contributed by atoms with E-state index in [-0.39, 0.29) is 11.0 Å². The van der Waals surface area contributed by atoms with E-state index in [0.29, 0.717) is 5.92 Å². The molecule has 1 unspecified atom stereocenters. The summed E-state index contributed by atoms with van der Waals surface area (Å²) < 4.78 is 25.1. The zero-order valence-corrected chi connectivity index (χ0v) is 10.1. The molecular formula is C14H18F2. The van der Waals surface area contributed by atoms with Crippen LogP contribution in [0.4, 0.5) is 8.78 Å². The first kappa shape index (κ1) is 11.6. The highest BCUT2D eigenvalue weighted by Crippen LogP contribution is 2.39. The van der Waals surface area contributed by atoms with Crippen LogP contribution in [0.5, 0.6) is 0 Å². The van der Waals surface area contributed by atoms with Crippen LogP contribution in [0.25, 0.3) is 0 Å². The molecule has 0 spiro atoms. The summed E-state index contributed by atoms with van der Waals surface area (Å²) in [7, 11) is 0. The van der Waals surface area contributed by atoms with Crippen LogP contribution >= 0.6 is 0 Å². The number of hydrogen-bond acceptors (Lipinski definition) is 0. The molecule has 0 saturated carbocycles. The van der Waals surface area contributed by atoms with E-state index in [0.717, 1.165) is 18.4 Å². The molecule has 1 aliphatic carbocycles. The van der Waals surface area contributed by atoms with E-state index in [1.807, 2.05) is 6.07 Å². The van der Waals surface area contributed by atoms with Crippen LogP contribution in [-0.2, 0) is 12.8 Å². The molecule has 0 heterocycles. The van der Waals surface area contributed by atoms with E-state index < -0.39 is 6.43 Å². The van der Waals surface area contributed by atoms with Crippen LogP contribution in [-0.4, -0.2) is 0 Å². The largest absolute Gasteiger partial charge is 0.263 e. The summed E-state index contributed by atoms with van der Waals surface area (Å²) in [5, 5.41) is 0. The van der Waals surface area contributed by atoms with Crippen molar-refractivity contribution in [2.45, 2.75) is 40.0 Å². The first-order chi connectivity index (χ1) is 7.38. The highest BCUT2D eigenvalue weighted by Gasteiger charge is 2.31. The van der Waals surface area contributed by atoms with Gasteiger partial charge in [0.25, 0.3) is 6.43 Å². The summed E-state index contributed by atoms with van der Waals surface area (Å²) in [6, 6.07) is 5.13. The smallest absolute Gasteiger partial charge is 0.205 e. The standard InChI is InChI=1S/C14H18F2/c1-14(2,3)12-7-9-4-5-10(13(15)16)6-11(9)8-12/h4-6,12-13H,7-8H2,1-3H3. The molecule has 1 aromatic rings. The lowest BCUT2D eigenvalue weighted by molar-refractivity contribution is 0.151. The van der Waals surface area contributed by atoms with Gasteiger partial charge in [-0.15, -0.1) is 0 Å². The Kier molecular flexibility index (Phi) is 2.77. The Hall–Kier alpha value is -0.920. The van der Waals surface area contributed by atoms with Gasteiger partial charge in [0, 0.05) is 5.56 Å². The number of fused-ring (bicyclic) bond motifs is 1. The van der Waals surface area contributed by atoms with E-state index in [9.17, 15) is 8.78 Å². The van der Waals surface area contributed by atoms with E-state index in [1.165, 1.54) is 5.56 Å². The summed E-state index contributed by atoms with van der Waals surface area (Å²) >= 11 is 0. The normalized spacial score (nSPS) is 20.2. The van der Waals surface area contributed by atoms with E-state index in [2.05, 4.69) is 20.8 Å². The van der Waals surface area contributed by atoms with Gasteiger partial charge < -0.3 is 0 Å². The van der Waals surface area contributed by atoms with Crippen LogP contribution in [0.1, 0.15) is 43.9 Å². The SMILES string of the molecule is CC(C)(C)C1Cc2ccc(C(F)F)cc2C1. The first-order valence-electron chi connectivity index (χ1n) is 5.78. The van der Waals surface area contributed by atoms with Gasteiger partial charge in [-0.05, 0) is 41.4 Å². The van der Waals surface area contributed by atoms with Crippen molar-refractivity contribution < 1.29 is 8.78 Å². The maximum absolute atomic E-state index is 12.6. The fourth-order valence-corrected chi connectivity index (χ4v) is 2.39.